The molecule has 0 bridgehead atoms. The summed E-state index contributed by atoms with van der Waals surface area (Å²) in [6.07, 6.45) is -4.27. The normalized spacial score (nSPS) is 20.6. The lowest BCUT2D eigenvalue weighted by Crippen LogP contribution is -2.43. The van der Waals surface area contributed by atoms with Crippen molar-refractivity contribution in [3.63, 3.8) is 0 Å². The predicted octanol–water partition coefficient (Wildman–Crippen LogP) is 2.42. The first-order valence-corrected chi connectivity index (χ1v) is 4.12. The highest BCUT2D eigenvalue weighted by Gasteiger charge is 2.42. The number of anilines is 1. The van der Waals surface area contributed by atoms with Gasteiger partial charge in [0, 0.05) is 0 Å². The van der Waals surface area contributed by atoms with Gasteiger partial charge in [-0.15, -0.1) is 0 Å². The Bertz CT molecular complexity index is 337. The van der Waals surface area contributed by atoms with Crippen molar-refractivity contribution in [2.75, 3.05) is 11.9 Å². The van der Waals surface area contributed by atoms with Gasteiger partial charge >= 0.3 is 6.18 Å². The van der Waals surface area contributed by atoms with E-state index in [9.17, 15) is 13.2 Å². The zero-order valence-corrected chi connectivity index (χ0v) is 7.14. The third-order valence-electron chi connectivity index (χ3n) is 2.02. The quantitative estimate of drug-likeness (QED) is 0.699. The van der Waals surface area contributed by atoms with Crippen LogP contribution < -0.4 is 10.1 Å². The maximum atomic E-state index is 12.3. The van der Waals surface area contributed by atoms with E-state index in [1.54, 1.807) is 24.3 Å². The molecule has 0 unspecified atom stereocenters. The topological polar surface area (TPSA) is 21.3 Å². The molecule has 5 heteroatoms. The van der Waals surface area contributed by atoms with Crippen LogP contribution in [-0.4, -0.2) is 18.8 Å². The Morgan fingerprint density at radius 3 is 2.71 bits per heavy atom. The van der Waals surface area contributed by atoms with Crippen LogP contribution in [0.25, 0.3) is 0 Å². The first kappa shape index (κ1) is 9.18. The molecule has 1 aromatic rings. The van der Waals surface area contributed by atoms with Gasteiger partial charge in [-0.2, -0.15) is 13.2 Å². The van der Waals surface area contributed by atoms with Crippen LogP contribution in [0.5, 0.6) is 5.75 Å². The molecule has 1 atom stereocenters. The van der Waals surface area contributed by atoms with E-state index in [1.165, 1.54) is 0 Å². The van der Waals surface area contributed by atoms with E-state index in [0.717, 1.165) is 0 Å². The SMILES string of the molecule is FC(F)(F)[C@@H]1COc2ccccc2N1. The lowest BCUT2D eigenvalue weighted by molar-refractivity contribution is -0.149. The number of fused-ring (bicyclic) bond motifs is 1. The van der Waals surface area contributed by atoms with Crippen molar-refractivity contribution in [3.05, 3.63) is 24.3 Å². The van der Waals surface area contributed by atoms with E-state index in [-0.39, 0.29) is 6.61 Å². The van der Waals surface area contributed by atoms with Gasteiger partial charge in [-0.3, -0.25) is 0 Å². The molecule has 0 aliphatic carbocycles. The number of ether oxygens (including phenoxy) is 1. The Kier molecular flexibility index (Phi) is 2.02. The highest BCUT2D eigenvalue weighted by molar-refractivity contribution is 5.58. The monoisotopic (exact) mass is 203 g/mol. The van der Waals surface area contributed by atoms with Gasteiger partial charge in [-0.1, -0.05) is 12.1 Å². The highest BCUT2D eigenvalue weighted by Crippen LogP contribution is 2.33. The number of hydrogen-bond acceptors (Lipinski definition) is 2. The van der Waals surface area contributed by atoms with Crippen LogP contribution >= 0.6 is 0 Å². The van der Waals surface area contributed by atoms with Gasteiger partial charge in [0.15, 0.2) is 6.04 Å². The van der Waals surface area contributed by atoms with Crippen molar-refractivity contribution < 1.29 is 17.9 Å². The minimum Gasteiger partial charge on any atom is -0.489 e. The molecule has 1 heterocycles. The van der Waals surface area contributed by atoms with Crippen LogP contribution in [0, 0.1) is 0 Å². The van der Waals surface area contributed by atoms with Crippen LogP contribution in [0.4, 0.5) is 18.9 Å². The first-order chi connectivity index (χ1) is 6.57. The van der Waals surface area contributed by atoms with E-state index >= 15 is 0 Å². The molecule has 2 nitrogen and oxygen atoms in total. The summed E-state index contributed by atoms with van der Waals surface area (Å²) in [6.45, 7) is -0.374. The number of benzene rings is 1. The van der Waals surface area contributed by atoms with E-state index < -0.39 is 12.2 Å². The molecule has 1 N–H and O–H groups in total. The zero-order chi connectivity index (χ0) is 10.2. The van der Waals surface area contributed by atoms with Crippen LogP contribution in [0.2, 0.25) is 0 Å². The Labute approximate surface area is 78.7 Å². The molecule has 0 aromatic heterocycles. The molecular weight excluding hydrogens is 195 g/mol. The van der Waals surface area contributed by atoms with E-state index in [2.05, 4.69) is 5.32 Å². The zero-order valence-electron chi connectivity index (χ0n) is 7.14. The Morgan fingerprint density at radius 1 is 1.29 bits per heavy atom. The molecule has 0 fully saturated rings. The van der Waals surface area contributed by atoms with Crippen LogP contribution in [0.15, 0.2) is 24.3 Å². The molecule has 0 spiro atoms. The fourth-order valence-electron chi connectivity index (χ4n) is 1.29. The van der Waals surface area contributed by atoms with Crippen LogP contribution in [0.1, 0.15) is 0 Å². The number of alkyl halides is 3. The molecule has 0 saturated heterocycles. The average molecular weight is 203 g/mol. The Balaban J connectivity index is 2.22. The fourth-order valence-corrected chi connectivity index (χ4v) is 1.29. The van der Waals surface area contributed by atoms with Crippen molar-refractivity contribution in [2.24, 2.45) is 0 Å². The molecular formula is C9H8F3NO. The van der Waals surface area contributed by atoms with Gasteiger partial charge in [-0.05, 0) is 12.1 Å². The van der Waals surface area contributed by atoms with Crippen LogP contribution in [-0.2, 0) is 0 Å². The lowest BCUT2D eigenvalue weighted by atomic mass is 10.2. The number of para-hydroxylation sites is 2. The summed E-state index contributed by atoms with van der Waals surface area (Å²) >= 11 is 0. The maximum absolute atomic E-state index is 12.3. The molecule has 0 amide bonds. The largest absolute Gasteiger partial charge is 0.489 e. The fraction of sp³-hybridized carbons (Fsp3) is 0.333. The average Bonchev–Trinajstić information content (AvgIpc) is 2.16. The number of hydrogen-bond donors (Lipinski definition) is 1. The predicted molar refractivity (Wildman–Crippen MR) is 45.4 cm³/mol. The third kappa shape index (κ3) is 1.62. The Morgan fingerprint density at radius 2 is 2.00 bits per heavy atom. The van der Waals surface area contributed by atoms with Gasteiger partial charge < -0.3 is 10.1 Å². The van der Waals surface area contributed by atoms with Gasteiger partial charge in [0.25, 0.3) is 0 Å². The first-order valence-electron chi connectivity index (χ1n) is 4.12. The second kappa shape index (κ2) is 3.08. The summed E-state index contributed by atoms with van der Waals surface area (Å²) in [5.74, 6) is 0.466. The Hall–Kier alpha value is -1.39. The van der Waals surface area contributed by atoms with Crippen LogP contribution in [0.3, 0.4) is 0 Å². The molecule has 14 heavy (non-hydrogen) atoms. The smallest absolute Gasteiger partial charge is 0.411 e. The van der Waals surface area contributed by atoms with Crippen molar-refractivity contribution in [1.82, 2.24) is 0 Å². The molecule has 1 aromatic carbocycles. The van der Waals surface area contributed by atoms with Crippen molar-refractivity contribution in [3.8, 4) is 5.75 Å². The second-order valence-electron chi connectivity index (χ2n) is 3.05. The van der Waals surface area contributed by atoms with Gasteiger partial charge in [0.05, 0.1) is 5.69 Å². The molecule has 1 aliphatic rings. The van der Waals surface area contributed by atoms with Gasteiger partial charge in [-0.25, -0.2) is 0 Å². The van der Waals surface area contributed by atoms with Crippen molar-refractivity contribution in [1.29, 1.82) is 0 Å². The lowest BCUT2D eigenvalue weighted by Gasteiger charge is -2.28. The summed E-state index contributed by atoms with van der Waals surface area (Å²) in [7, 11) is 0. The van der Waals surface area contributed by atoms with Gasteiger partial charge in [0.1, 0.15) is 12.4 Å². The maximum Gasteiger partial charge on any atom is 0.411 e. The molecule has 0 radical (unpaired) electrons. The van der Waals surface area contributed by atoms with E-state index in [4.69, 9.17) is 4.74 Å². The van der Waals surface area contributed by atoms with Crippen molar-refractivity contribution >= 4 is 5.69 Å². The number of halogens is 3. The van der Waals surface area contributed by atoms with E-state index in [0.29, 0.717) is 11.4 Å². The second-order valence-corrected chi connectivity index (χ2v) is 3.05. The molecule has 76 valence electrons. The molecule has 1 aliphatic heterocycles. The molecule has 0 saturated carbocycles. The summed E-state index contributed by atoms with van der Waals surface area (Å²) in [5.41, 5.74) is 0.390. The highest BCUT2D eigenvalue weighted by atomic mass is 19.4. The number of nitrogens with one attached hydrogen (secondary N) is 1. The van der Waals surface area contributed by atoms with Gasteiger partial charge in [0.2, 0.25) is 0 Å². The standard InChI is InChI=1S/C9H8F3NO/c10-9(11,12)8-5-14-7-4-2-1-3-6(7)13-8/h1-4,8,13H,5H2/t8-/m0/s1. The molecule has 2 rings (SSSR count). The van der Waals surface area contributed by atoms with E-state index in [1.807, 2.05) is 0 Å². The number of rotatable bonds is 0. The summed E-state index contributed by atoms with van der Waals surface area (Å²) in [5, 5.41) is 2.39. The minimum atomic E-state index is -4.27. The minimum absolute atomic E-state index is 0.374. The summed E-state index contributed by atoms with van der Waals surface area (Å²) < 4.78 is 41.9. The summed E-state index contributed by atoms with van der Waals surface area (Å²) in [6, 6.07) is 4.96. The van der Waals surface area contributed by atoms with Crippen molar-refractivity contribution in [2.45, 2.75) is 12.2 Å². The summed E-state index contributed by atoms with van der Waals surface area (Å²) in [4.78, 5) is 0. The third-order valence-corrected chi connectivity index (χ3v) is 2.02.